The van der Waals surface area contributed by atoms with E-state index in [1.165, 1.54) is 44.4 Å². The highest BCUT2D eigenvalue weighted by Crippen LogP contribution is 2.42. The van der Waals surface area contributed by atoms with Gasteiger partial charge >= 0.3 is 0 Å². The first-order valence-electron chi connectivity index (χ1n) is 6.70. The topological polar surface area (TPSA) is 18.8 Å². The van der Waals surface area contributed by atoms with Crippen molar-refractivity contribution in [2.45, 2.75) is 36.9 Å². The quantitative estimate of drug-likeness (QED) is 0.489. The van der Waals surface area contributed by atoms with Gasteiger partial charge in [0.2, 0.25) is 0 Å². The van der Waals surface area contributed by atoms with Gasteiger partial charge in [-0.3, -0.25) is 4.99 Å². The highest BCUT2D eigenvalue weighted by molar-refractivity contribution is 8.00. The van der Waals surface area contributed by atoms with Crippen LogP contribution in [0.5, 0.6) is 0 Å². The fourth-order valence-electron chi connectivity index (χ4n) is 3.14. The monoisotopic (exact) mass is 255 g/mol. The Kier molecular flexibility index (Phi) is 4.23. The summed E-state index contributed by atoms with van der Waals surface area (Å²) in [6.45, 7) is 2.35. The van der Waals surface area contributed by atoms with Gasteiger partial charge in [-0.1, -0.05) is 19.3 Å². The molecule has 0 aromatic carbocycles. The van der Waals surface area contributed by atoms with Gasteiger partial charge in [-0.25, -0.2) is 0 Å². The minimum absolute atomic E-state index is 0.530. The second-order valence-electron chi connectivity index (χ2n) is 5.43. The van der Waals surface area contributed by atoms with E-state index in [0.717, 1.165) is 12.5 Å². The van der Waals surface area contributed by atoms with Gasteiger partial charge < -0.3 is 9.80 Å². The molecule has 0 radical (unpaired) electrons. The van der Waals surface area contributed by atoms with E-state index in [4.69, 9.17) is 0 Å². The summed E-state index contributed by atoms with van der Waals surface area (Å²) in [6, 6.07) is 0. The van der Waals surface area contributed by atoms with Crippen LogP contribution in [0.1, 0.15) is 32.1 Å². The standard InChI is InChI=1S/C13H25N3S/c1-14-12(15(2)3)16-9-10-17-13(11-16)7-5-4-6-8-13/h4-11H2,1-3H3. The normalized spacial score (nSPS) is 25.1. The van der Waals surface area contributed by atoms with E-state index in [9.17, 15) is 0 Å². The molecule has 1 saturated carbocycles. The van der Waals surface area contributed by atoms with E-state index < -0.39 is 0 Å². The smallest absolute Gasteiger partial charge is 0.195 e. The van der Waals surface area contributed by atoms with Crippen LogP contribution in [0.4, 0.5) is 0 Å². The van der Waals surface area contributed by atoms with E-state index in [0.29, 0.717) is 4.75 Å². The van der Waals surface area contributed by atoms with Crippen LogP contribution in [-0.4, -0.2) is 60.5 Å². The van der Waals surface area contributed by atoms with Crippen molar-refractivity contribution in [3.05, 3.63) is 0 Å². The molecule has 0 amide bonds. The van der Waals surface area contributed by atoms with Gasteiger partial charge in [0.05, 0.1) is 0 Å². The Morgan fingerprint density at radius 2 is 1.94 bits per heavy atom. The van der Waals surface area contributed by atoms with Crippen molar-refractivity contribution in [3.63, 3.8) is 0 Å². The Bertz CT molecular complexity index is 277. The van der Waals surface area contributed by atoms with E-state index >= 15 is 0 Å². The zero-order chi connectivity index (χ0) is 12.3. The minimum atomic E-state index is 0.530. The second kappa shape index (κ2) is 5.51. The van der Waals surface area contributed by atoms with E-state index in [-0.39, 0.29) is 0 Å². The average Bonchev–Trinajstić information content (AvgIpc) is 2.30. The van der Waals surface area contributed by atoms with Gasteiger partial charge in [0.15, 0.2) is 5.96 Å². The molecule has 98 valence electrons. The molecule has 1 spiro atoms. The number of rotatable bonds is 0. The van der Waals surface area contributed by atoms with Crippen molar-refractivity contribution < 1.29 is 0 Å². The molecule has 3 nitrogen and oxygen atoms in total. The van der Waals surface area contributed by atoms with Gasteiger partial charge in [0.1, 0.15) is 0 Å². The SMILES string of the molecule is CN=C(N(C)C)N1CCSC2(CCCCC2)C1. The third kappa shape index (κ3) is 2.90. The van der Waals surface area contributed by atoms with Crippen LogP contribution in [0.2, 0.25) is 0 Å². The lowest BCUT2D eigenvalue weighted by Crippen LogP contribution is -2.53. The van der Waals surface area contributed by atoms with Gasteiger partial charge in [-0.05, 0) is 12.8 Å². The number of hydrogen-bond acceptors (Lipinski definition) is 2. The summed E-state index contributed by atoms with van der Waals surface area (Å²) in [5.74, 6) is 2.41. The van der Waals surface area contributed by atoms with Gasteiger partial charge in [0, 0.05) is 44.7 Å². The van der Waals surface area contributed by atoms with Gasteiger partial charge in [-0.2, -0.15) is 11.8 Å². The zero-order valence-corrected chi connectivity index (χ0v) is 12.2. The maximum absolute atomic E-state index is 4.45. The Morgan fingerprint density at radius 1 is 1.24 bits per heavy atom. The number of aliphatic imine (C=N–C) groups is 1. The second-order valence-corrected chi connectivity index (χ2v) is 6.99. The van der Waals surface area contributed by atoms with Crippen LogP contribution in [-0.2, 0) is 0 Å². The molecule has 1 aliphatic heterocycles. The third-order valence-electron chi connectivity index (χ3n) is 3.90. The molecule has 2 aliphatic rings. The summed E-state index contributed by atoms with van der Waals surface area (Å²) in [7, 11) is 6.10. The average molecular weight is 255 g/mol. The van der Waals surface area contributed by atoms with Crippen LogP contribution in [0, 0.1) is 0 Å². The van der Waals surface area contributed by atoms with Crippen molar-refractivity contribution in [2.75, 3.05) is 40.0 Å². The van der Waals surface area contributed by atoms with Crippen LogP contribution in [0.3, 0.4) is 0 Å². The molecule has 0 bridgehead atoms. The molecule has 1 heterocycles. The minimum Gasteiger partial charge on any atom is -0.349 e. The van der Waals surface area contributed by atoms with Crippen LogP contribution >= 0.6 is 11.8 Å². The van der Waals surface area contributed by atoms with Gasteiger partial charge in [-0.15, -0.1) is 0 Å². The lowest BCUT2D eigenvalue weighted by Gasteiger charge is -2.46. The predicted molar refractivity (Wildman–Crippen MR) is 76.9 cm³/mol. The fourth-order valence-corrected chi connectivity index (χ4v) is 4.71. The van der Waals surface area contributed by atoms with Crippen molar-refractivity contribution in [3.8, 4) is 0 Å². The van der Waals surface area contributed by atoms with Crippen LogP contribution in [0.25, 0.3) is 0 Å². The molecule has 0 unspecified atom stereocenters. The lowest BCUT2D eigenvalue weighted by atomic mass is 9.87. The first-order valence-corrected chi connectivity index (χ1v) is 7.68. The molecule has 0 atom stereocenters. The Morgan fingerprint density at radius 3 is 2.53 bits per heavy atom. The van der Waals surface area contributed by atoms with Crippen LogP contribution < -0.4 is 0 Å². The summed E-state index contributed by atoms with van der Waals surface area (Å²) >= 11 is 2.21. The zero-order valence-electron chi connectivity index (χ0n) is 11.4. The van der Waals surface area contributed by atoms with Crippen molar-refractivity contribution >= 4 is 17.7 Å². The number of hydrogen-bond donors (Lipinski definition) is 0. The molecular weight excluding hydrogens is 230 g/mol. The molecular formula is C13H25N3S. The molecule has 4 heteroatoms. The maximum Gasteiger partial charge on any atom is 0.195 e. The largest absolute Gasteiger partial charge is 0.349 e. The first kappa shape index (κ1) is 13.1. The summed E-state index contributed by atoms with van der Waals surface area (Å²) in [5.41, 5.74) is 0. The maximum atomic E-state index is 4.45. The molecule has 1 saturated heterocycles. The van der Waals surface area contributed by atoms with E-state index in [2.05, 4.69) is 40.6 Å². The molecule has 2 rings (SSSR count). The number of nitrogens with zero attached hydrogens (tertiary/aromatic N) is 3. The predicted octanol–water partition coefficient (Wildman–Crippen LogP) is 2.29. The first-order chi connectivity index (χ1) is 8.17. The molecule has 17 heavy (non-hydrogen) atoms. The Hall–Kier alpha value is -0.380. The summed E-state index contributed by atoms with van der Waals surface area (Å²) < 4.78 is 0.530. The van der Waals surface area contributed by atoms with Crippen LogP contribution in [0.15, 0.2) is 4.99 Å². The molecule has 0 aromatic rings. The molecule has 1 aliphatic carbocycles. The van der Waals surface area contributed by atoms with Gasteiger partial charge in [0.25, 0.3) is 0 Å². The fraction of sp³-hybridized carbons (Fsp3) is 0.923. The molecule has 0 N–H and O–H groups in total. The van der Waals surface area contributed by atoms with Crippen molar-refractivity contribution in [1.82, 2.24) is 9.80 Å². The number of thioether (sulfide) groups is 1. The Labute approximate surface area is 110 Å². The molecule has 0 aromatic heterocycles. The Balaban J connectivity index is 2.05. The molecule has 2 fully saturated rings. The summed E-state index contributed by atoms with van der Waals surface area (Å²) in [4.78, 5) is 9.08. The van der Waals surface area contributed by atoms with E-state index in [1.54, 1.807) is 0 Å². The highest BCUT2D eigenvalue weighted by Gasteiger charge is 2.38. The summed E-state index contributed by atoms with van der Waals surface area (Å²) in [6.07, 6.45) is 7.07. The number of guanidine groups is 1. The van der Waals surface area contributed by atoms with Crippen molar-refractivity contribution in [1.29, 1.82) is 0 Å². The third-order valence-corrected chi connectivity index (χ3v) is 5.43. The lowest BCUT2D eigenvalue weighted by molar-refractivity contribution is 0.280. The van der Waals surface area contributed by atoms with Crippen molar-refractivity contribution in [2.24, 2.45) is 4.99 Å². The van der Waals surface area contributed by atoms with E-state index in [1.807, 2.05) is 7.05 Å². The summed E-state index contributed by atoms with van der Waals surface area (Å²) in [5, 5.41) is 0. The highest BCUT2D eigenvalue weighted by atomic mass is 32.2.